The lowest BCUT2D eigenvalue weighted by atomic mass is 9.81. The number of hydrogen-bond donors (Lipinski definition) is 3. The van der Waals surface area contributed by atoms with Gasteiger partial charge in [-0.15, -0.1) is 0 Å². The number of pyridine rings is 1. The summed E-state index contributed by atoms with van der Waals surface area (Å²) in [6.45, 7) is 0. The fraction of sp³-hybridized carbons (Fsp3) is 0.440. The van der Waals surface area contributed by atoms with Gasteiger partial charge in [0.05, 0.1) is 42.2 Å². The zero-order chi connectivity index (χ0) is 29.1. The standard InChI is InChI=1S/C25H24F5N7O3/c26-24(27)5-1-15(2-6-24)21(36-23(40)17-9-14(11-31)4-8-32-17)18-13-37-19(34-18)10-16(12-33-37)22(39)35-20(38)3-7-25(28,29)30/h4,8-10,12-13,15,21-22,39H,1-3,5-7H2,(H,35,38)(H,36,40)/t21-,22+/m0/s1. The van der Waals surface area contributed by atoms with Gasteiger partial charge < -0.3 is 15.7 Å². The first-order valence-corrected chi connectivity index (χ1v) is 12.3. The molecule has 2 amide bonds. The summed E-state index contributed by atoms with van der Waals surface area (Å²) in [5, 5.41) is 28.4. The topological polar surface area (TPSA) is 145 Å². The van der Waals surface area contributed by atoms with E-state index in [1.54, 1.807) is 0 Å². The lowest BCUT2D eigenvalue weighted by Crippen LogP contribution is -2.37. The molecule has 40 heavy (non-hydrogen) atoms. The second-order valence-corrected chi connectivity index (χ2v) is 9.53. The van der Waals surface area contributed by atoms with E-state index in [1.807, 2.05) is 6.07 Å². The maximum atomic E-state index is 13.9. The van der Waals surface area contributed by atoms with Crippen molar-refractivity contribution >= 4 is 17.5 Å². The number of imidazole rings is 1. The Morgan fingerprint density at radius 1 is 1.23 bits per heavy atom. The van der Waals surface area contributed by atoms with E-state index in [2.05, 4.69) is 25.7 Å². The number of aromatic nitrogens is 4. The summed E-state index contributed by atoms with van der Waals surface area (Å²) in [5.41, 5.74) is 0.663. The highest BCUT2D eigenvalue weighted by molar-refractivity contribution is 5.92. The Morgan fingerprint density at radius 3 is 2.62 bits per heavy atom. The summed E-state index contributed by atoms with van der Waals surface area (Å²) in [7, 11) is 0. The van der Waals surface area contributed by atoms with E-state index in [0.717, 1.165) is 0 Å². The largest absolute Gasteiger partial charge is 0.389 e. The van der Waals surface area contributed by atoms with Gasteiger partial charge in [-0.1, -0.05) is 0 Å². The highest BCUT2D eigenvalue weighted by Crippen LogP contribution is 2.41. The number of alkyl halides is 5. The van der Waals surface area contributed by atoms with E-state index in [4.69, 9.17) is 5.26 Å². The normalized spacial score (nSPS) is 17.1. The molecule has 1 aliphatic carbocycles. The minimum atomic E-state index is -4.52. The van der Waals surface area contributed by atoms with Gasteiger partial charge in [-0.25, -0.2) is 18.3 Å². The molecule has 0 aromatic carbocycles. The Kier molecular flexibility index (Phi) is 8.29. The van der Waals surface area contributed by atoms with Crippen LogP contribution < -0.4 is 10.6 Å². The molecule has 0 spiro atoms. The number of aliphatic hydroxyl groups excluding tert-OH is 1. The summed E-state index contributed by atoms with van der Waals surface area (Å²) < 4.78 is 66.1. The molecule has 1 fully saturated rings. The van der Waals surface area contributed by atoms with Gasteiger partial charge in [-0.05, 0) is 37.0 Å². The maximum absolute atomic E-state index is 13.9. The lowest BCUT2D eigenvalue weighted by molar-refractivity contribution is -0.145. The summed E-state index contributed by atoms with van der Waals surface area (Å²) in [4.78, 5) is 33.2. The van der Waals surface area contributed by atoms with Crippen molar-refractivity contribution in [3.63, 3.8) is 0 Å². The molecule has 1 saturated carbocycles. The Balaban J connectivity index is 1.57. The van der Waals surface area contributed by atoms with E-state index in [1.165, 1.54) is 41.3 Å². The van der Waals surface area contributed by atoms with E-state index < -0.39 is 54.9 Å². The number of fused-ring (bicyclic) bond motifs is 1. The first-order chi connectivity index (χ1) is 18.8. The molecule has 4 rings (SSSR count). The Morgan fingerprint density at radius 2 is 1.95 bits per heavy atom. The smallest absolute Gasteiger partial charge is 0.369 e. The summed E-state index contributed by atoms with van der Waals surface area (Å²) in [6, 6.07) is 5.15. The Bertz CT molecular complexity index is 1430. The predicted octanol–water partition coefficient (Wildman–Crippen LogP) is 3.74. The molecule has 0 radical (unpaired) electrons. The Labute approximate surface area is 224 Å². The molecule has 15 heteroatoms. The number of amides is 2. The first kappa shape index (κ1) is 28.8. The third-order valence-electron chi connectivity index (χ3n) is 6.57. The van der Waals surface area contributed by atoms with Gasteiger partial charge in [0.1, 0.15) is 5.69 Å². The summed E-state index contributed by atoms with van der Waals surface area (Å²) in [6.07, 6.45) is -4.99. The maximum Gasteiger partial charge on any atom is 0.389 e. The van der Waals surface area contributed by atoms with Crippen LogP contribution in [0.1, 0.15) is 78.1 Å². The van der Waals surface area contributed by atoms with Crippen LogP contribution in [-0.2, 0) is 4.79 Å². The average Bonchev–Trinajstić information content (AvgIpc) is 3.33. The van der Waals surface area contributed by atoms with Crippen molar-refractivity contribution in [1.29, 1.82) is 5.26 Å². The molecule has 212 valence electrons. The number of nitrogens with one attached hydrogen (secondary N) is 2. The van der Waals surface area contributed by atoms with Crippen LogP contribution in [0.25, 0.3) is 5.65 Å². The number of halogens is 5. The van der Waals surface area contributed by atoms with Crippen LogP contribution in [-0.4, -0.2) is 48.6 Å². The minimum absolute atomic E-state index is 0.0421. The Hall–Kier alpha value is -4.19. The number of carbonyl (C=O) groups excluding carboxylic acids is 2. The van der Waals surface area contributed by atoms with Crippen molar-refractivity contribution in [3.05, 3.63) is 59.3 Å². The molecular weight excluding hydrogens is 541 g/mol. The zero-order valence-electron chi connectivity index (χ0n) is 20.8. The second-order valence-electron chi connectivity index (χ2n) is 9.53. The van der Waals surface area contributed by atoms with Crippen LogP contribution >= 0.6 is 0 Å². The van der Waals surface area contributed by atoms with Crippen molar-refractivity contribution < 1.29 is 36.6 Å². The van der Waals surface area contributed by atoms with Gasteiger partial charge >= 0.3 is 6.18 Å². The van der Waals surface area contributed by atoms with Crippen molar-refractivity contribution in [3.8, 4) is 6.07 Å². The van der Waals surface area contributed by atoms with Gasteiger partial charge in [0.15, 0.2) is 11.9 Å². The van der Waals surface area contributed by atoms with E-state index in [9.17, 15) is 36.6 Å². The van der Waals surface area contributed by atoms with E-state index in [-0.39, 0.29) is 53.8 Å². The average molecular weight is 566 g/mol. The molecule has 0 aliphatic heterocycles. The van der Waals surface area contributed by atoms with Crippen molar-refractivity contribution in [2.75, 3.05) is 0 Å². The van der Waals surface area contributed by atoms with Gasteiger partial charge in [0, 0.05) is 31.0 Å². The van der Waals surface area contributed by atoms with Gasteiger partial charge in [0.25, 0.3) is 5.91 Å². The molecule has 3 heterocycles. The highest BCUT2D eigenvalue weighted by Gasteiger charge is 2.39. The summed E-state index contributed by atoms with van der Waals surface area (Å²) in [5.74, 6) is -4.88. The lowest BCUT2D eigenvalue weighted by Gasteiger charge is -2.33. The molecular formula is C25H24F5N7O3. The van der Waals surface area contributed by atoms with Gasteiger partial charge in [-0.3, -0.25) is 14.6 Å². The van der Waals surface area contributed by atoms with Crippen LogP contribution in [0.3, 0.4) is 0 Å². The van der Waals surface area contributed by atoms with Crippen LogP contribution in [0.15, 0.2) is 36.8 Å². The molecule has 1 aliphatic rings. The molecule has 3 aromatic rings. The highest BCUT2D eigenvalue weighted by atomic mass is 19.4. The number of aliphatic hydroxyl groups is 1. The molecule has 10 nitrogen and oxygen atoms in total. The fourth-order valence-corrected chi connectivity index (χ4v) is 4.44. The third kappa shape index (κ3) is 7.26. The molecule has 2 atom stereocenters. The van der Waals surface area contributed by atoms with Crippen molar-refractivity contribution in [1.82, 2.24) is 30.2 Å². The molecule has 0 saturated heterocycles. The summed E-state index contributed by atoms with van der Waals surface area (Å²) >= 11 is 0. The first-order valence-electron chi connectivity index (χ1n) is 12.3. The van der Waals surface area contributed by atoms with Gasteiger partial charge in [-0.2, -0.15) is 23.5 Å². The van der Waals surface area contributed by atoms with Crippen molar-refractivity contribution in [2.24, 2.45) is 5.92 Å². The molecule has 0 unspecified atom stereocenters. The number of nitriles is 1. The minimum Gasteiger partial charge on any atom is -0.369 e. The number of nitrogens with zero attached hydrogens (tertiary/aromatic N) is 5. The molecule has 3 N–H and O–H groups in total. The third-order valence-corrected chi connectivity index (χ3v) is 6.57. The monoisotopic (exact) mass is 565 g/mol. The SMILES string of the molecule is N#Cc1ccnc(C(=O)N[C@H](c2cn3ncc([C@@H](O)NC(=O)CCC(F)(F)F)cc3n2)C2CCC(F)(F)CC2)c1. The number of hydrogen-bond acceptors (Lipinski definition) is 7. The predicted molar refractivity (Wildman–Crippen MR) is 127 cm³/mol. The number of carbonyl (C=O) groups is 2. The van der Waals surface area contributed by atoms with Crippen LogP contribution in [0.2, 0.25) is 0 Å². The molecule has 3 aromatic heterocycles. The van der Waals surface area contributed by atoms with Crippen LogP contribution in [0.5, 0.6) is 0 Å². The number of rotatable bonds is 8. The molecule has 0 bridgehead atoms. The van der Waals surface area contributed by atoms with Gasteiger partial charge in [0.2, 0.25) is 11.8 Å². The van der Waals surface area contributed by atoms with Crippen LogP contribution in [0.4, 0.5) is 22.0 Å². The van der Waals surface area contributed by atoms with E-state index >= 15 is 0 Å². The van der Waals surface area contributed by atoms with Crippen molar-refractivity contribution in [2.45, 2.75) is 62.9 Å². The fourth-order valence-electron chi connectivity index (χ4n) is 4.44. The second kappa shape index (κ2) is 11.5. The quantitative estimate of drug-likeness (QED) is 0.279. The van der Waals surface area contributed by atoms with Crippen LogP contribution in [0, 0.1) is 17.2 Å². The van der Waals surface area contributed by atoms with E-state index in [0.29, 0.717) is 0 Å². The zero-order valence-corrected chi connectivity index (χ0v) is 20.8.